The zero-order valence-corrected chi connectivity index (χ0v) is 12.6. The van der Waals surface area contributed by atoms with Gasteiger partial charge in [0.05, 0.1) is 5.56 Å². The van der Waals surface area contributed by atoms with Crippen LogP contribution in [-0.2, 0) is 0 Å². The number of aliphatic hydroxyl groups is 1. The minimum absolute atomic E-state index is 0.263. The number of carboxylic acids is 1. The first kappa shape index (κ1) is 17.5. The lowest BCUT2D eigenvalue weighted by atomic mass is 9.98. The average Bonchev–Trinajstić information content (AvgIpc) is 2.54. The quantitative estimate of drug-likeness (QED) is 0.755. The molecule has 0 aromatic heterocycles. The Labute approximate surface area is 130 Å². The summed E-state index contributed by atoms with van der Waals surface area (Å²) < 4.78 is 0. The molecule has 0 saturated heterocycles. The lowest BCUT2D eigenvalue weighted by molar-refractivity contribution is 0.0697. The Morgan fingerprint density at radius 1 is 1.09 bits per heavy atom. The second-order valence-corrected chi connectivity index (χ2v) is 4.71. The van der Waals surface area contributed by atoms with Gasteiger partial charge in [-0.05, 0) is 47.4 Å². The Balaban J connectivity index is 0.000000541. The van der Waals surface area contributed by atoms with Gasteiger partial charge in [-0.15, -0.1) is 0 Å². The van der Waals surface area contributed by atoms with Crippen molar-refractivity contribution < 1.29 is 15.0 Å². The predicted molar refractivity (Wildman–Crippen MR) is 89.8 cm³/mol. The summed E-state index contributed by atoms with van der Waals surface area (Å²) in [4.78, 5) is 10.8. The molecule has 2 rings (SSSR count). The number of rotatable bonds is 4. The van der Waals surface area contributed by atoms with E-state index in [9.17, 15) is 4.79 Å². The number of aliphatic hydroxyl groups excluding tert-OH is 1. The number of benzene rings is 2. The van der Waals surface area contributed by atoms with Crippen LogP contribution in [0.4, 0.5) is 5.69 Å². The molecule has 0 spiro atoms. The van der Waals surface area contributed by atoms with Crippen molar-refractivity contribution in [3.63, 3.8) is 0 Å². The van der Waals surface area contributed by atoms with Crippen LogP contribution < -0.4 is 5.73 Å². The van der Waals surface area contributed by atoms with Crippen LogP contribution in [0.25, 0.3) is 5.57 Å². The molecular weight excluding hydrogens is 278 g/mol. The molecule has 0 fully saturated rings. The van der Waals surface area contributed by atoms with Crippen LogP contribution in [0.1, 0.15) is 34.8 Å². The van der Waals surface area contributed by atoms with Crippen molar-refractivity contribution in [2.45, 2.75) is 13.3 Å². The molecule has 4 N–H and O–H groups in total. The molecular formula is C18H21NO3. The van der Waals surface area contributed by atoms with Gasteiger partial charge in [-0.2, -0.15) is 0 Å². The smallest absolute Gasteiger partial charge is 0.335 e. The molecule has 0 amide bonds. The topological polar surface area (TPSA) is 83.5 Å². The third-order valence-electron chi connectivity index (χ3n) is 2.94. The van der Waals surface area contributed by atoms with E-state index in [4.69, 9.17) is 15.9 Å². The summed E-state index contributed by atoms with van der Waals surface area (Å²) in [6.07, 6.45) is 0.875. The minimum atomic E-state index is -0.934. The summed E-state index contributed by atoms with van der Waals surface area (Å²) in [5, 5.41) is 16.7. The first-order chi connectivity index (χ1) is 10.5. The number of anilines is 1. The van der Waals surface area contributed by atoms with Gasteiger partial charge in [0.25, 0.3) is 0 Å². The van der Waals surface area contributed by atoms with Gasteiger partial charge < -0.3 is 15.9 Å². The number of hydrogen-bond donors (Lipinski definition) is 3. The van der Waals surface area contributed by atoms with Gasteiger partial charge in [0, 0.05) is 12.3 Å². The fourth-order valence-corrected chi connectivity index (χ4v) is 1.71. The van der Waals surface area contributed by atoms with Crippen molar-refractivity contribution in [1.29, 1.82) is 0 Å². The SMILES string of the molecule is C=C(c1ccc(C(=O)O)cc1)c1cccc(N)c1.CCCO. The summed E-state index contributed by atoms with van der Waals surface area (Å²) in [5.74, 6) is -0.934. The Morgan fingerprint density at radius 2 is 1.64 bits per heavy atom. The maximum absolute atomic E-state index is 10.8. The van der Waals surface area contributed by atoms with Crippen LogP contribution in [-0.4, -0.2) is 22.8 Å². The van der Waals surface area contributed by atoms with Crippen molar-refractivity contribution in [2.75, 3.05) is 12.3 Å². The Kier molecular flexibility index (Phi) is 6.86. The number of carbonyl (C=O) groups is 1. The van der Waals surface area contributed by atoms with E-state index in [1.54, 1.807) is 24.3 Å². The van der Waals surface area contributed by atoms with Crippen LogP contribution in [0, 0.1) is 0 Å². The Hall–Kier alpha value is -2.59. The highest BCUT2D eigenvalue weighted by Crippen LogP contribution is 2.23. The molecule has 4 heteroatoms. The lowest BCUT2D eigenvalue weighted by Crippen LogP contribution is -1.96. The second kappa shape index (κ2) is 8.64. The fraction of sp³-hybridized carbons (Fsp3) is 0.167. The number of nitrogen functional groups attached to an aromatic ring is 1. The Morgan fingerprint density at radius 3 is 2.09 bits per heavy atom. The van der Waals surface area contributed by atoms with E-state index < -0.39 is 5.97 Å². The molecule has 116 valence electrons. The summed E-state index contributed by atoms with van der Waals surface area (Å²) in [6, 6.07) is 14.1. The molecule has 22 heavy (non-hydrogen) atoms. The van der Waals surface area contributed by atoms with E-state index in [2.05, 4.69) is 6.58 Å². The highest BCUT2D eigenvalue weighted by molar-refractivity contribution is 5.88. The largest absolute Gasteiger partial charge is 0.478 e. The molecule has 0 bridgehead atoms. The molecule has 0 radical (unpaired) electrons. The molecule has 2 aromatic rings. The molecule has 0 saturated carbocycles. The number of carboxylic acid groups (broad SMARTS) is 1. The molecule has 0 aliphatic rings. The summed E-state index contributed by atoms with van der Waals surface area (Å²) in [6.45, 7) is 6.26. The third-order valence-corrected chi connectivity index (χ3v) is 2.94. The van der Waals surface area contributed by atoms with Crippen LogP contribution in [0.2, 0.25) is 0 Å². The van der Waals surface area contributed by atoms with Gasteiger partial charge in [0.15, 0.2) is 0 Å². The van der Waals surface area contributed by atoms with Gasteiger partial charge >= 0.3 is 5.97 Å². The first-order valence-electron chi connectivity index (χ1n) is 6.99. The minimum Gasteiger partial charge on any atom is -0.478 e. The molecule has 0 heterocycles. The average molecular weight is 299 g/mol. The first-order valence-corrected chi connectivity index (χ1v) is 6.99. The number of nitrogens with two attached hydrogens (primary N) is 1. The van der Waals surface area contributed by atoms with E-state index in [0.717, 1.165) is 23.1 Å². The zero-order valence-electron chi connectivity index (χ0n) is 12.6. The van der Waals surface area contributed by atoms with Crippen molar-refractivity contribution in [3.05, 3.63) is 71.8 Å². The normalized spacial score (nSPS) is 9.55. The molecule has 2 aromatic carbocycles. The summed E-state index contributed by atoms with van der Waals surface area (Å²) >= 11 is 0. The van der Waals surface area contributed by atoms with E-state index in [-0.39, 0.29) is 5.56 Å². The van der Waals surface area contributed by atoms with E-state index in [1.165, 1.54) is 0 Å². The lowest BCUT2D eigenvalue weighted by Gasteiger charge is -2.07. The zero-order chi connectivity index (χ0) is 16.5. The van der Waals surface area contributed by atoms with E-state index >= 15 is 0 Å². The van der Waals surface area contributed by atoms with Crippen LogP contribution in [0.3, 0.4) is 0 Å². The van der Waals surface area contributed by atoms with Crippen LogP contribution in [0.15, 0.2) is 55.1 Å². The van der Waals surface area contributed by atoms with Crippen molar-refractivity contribution in [3.8, 4) is 0 Å². The van der Waals surface area contributed by atoms with Crippen molar-refractivity contribution >= 4 is 17.2 Å². The fourth-order valence-electron chi connectivity index (χ4n) is 1.71. The second-order valence-electron chi connectivity index (χ2n) is 4.71. The van der Waals surface area contributed by atoms with Crippen molar-refractivity contribution in [2.24, 2.45) is 0 Å². The van der Waals surface area contributed by atoms with Gasteiger partial charge in [0.1, 0.15) is 0 Å². The van der Waals surface area contributed by atoms with Crippen LogP contribution >= 0.6 is 0 Å². The Bertz CT molecular complexity index is 631. The standard InChI is InChI=1S/C15H13NO2.C3H8O/c1-10(13-3-2-4-14(16)9-13)11-5-7-12(8-6-11)15(17)18;1-2-3-4/h2-9H,1,16H2,(H,17,18);4H,2-3H2,1H3. The summed E-state index contributed by atoms with van der Waals surface area (Å²) in [7, 11) is 0. The molecule has 0 aliphatic heterocycles. The van der Waals surface area contributed by atoms with Gasteiger partial charge in [-0.3, -0.25) is 0 Å². The van der Waals surface area contributed by atoms with Crippen LogP contribution in [0.5, 0.6) is 0 Å². The van der Waals surface area contributed by atoms with E-state index in [0.29, 0.717) is 12.3 Å². The number of hydrogen-bond acceptors (Lipinski definition) is 3. The molecule has 0 aliphatic carbocycles. The molecule has 0 atom stereocenters. The van der Waals surface area contributed by atoms with Gasteiger partial charge in [0.2, 0.25) is 0 Å². The van der Waals surface area contributed by atoms with Gasteiger partial charge in [-0.1, -0.05) is 37.8 Å². The maximum atomic E-state index is 10.8. The third kappa shape index (κ3) is 5.07. The van der Waals surface area contributed by atoms with E-state index in [1.807, 2.05) is 31.2 Å². The molecule has 0 unspecified atom stereocenters. The number of aromatic carboxylic acids is 1. The monoisotopic (exact) mass is 299 g/mol. The van der Waals surface area contributed by atoms with Crippen molar-refractivity contribution in [1.82, 2.24) is 0 Å². The summed E-state index contributed by atoms with van der Waals surface area (Å²) in [5.41, 5.74) is 9.29. The predicted octanol–water partition coefficient (Wildman–Crippen LogP) is 3.42. The van der Waals surface area contributed by atoms with Gasteiger partial charge in [-0.25, -0.2) is 4.79 Å². The molecule has 4 nitrogen and oxygen atoms in total. The highest BCUT2D eigenvalue weighted by atomic mass is 16.4. The maximum Gasteiger partial charge on any atom is 0.335 e. The highest BCUT2D eigenvalue weighted by Gasteiger charge is 2.05.